The quantitative estimate of drug-likeness (QED) is 0.707. The van der Waals surface area contributed by atoms with Crippen molar-refractivity contribution >= 4 is 11.9 Å². The summed E-state index contributed by atoms with van der Waals surface area (Å²) < 4.78 is 0. The van der Waals surface area contributed by atoms with Crippen molar-refractivity contribution in [3.05, 3.63) is 0 Å². The molecule has 0 radical (unpaired) electrons. The van der Waals surface area contributed by atoms with Gasteiger partial charge in [0, 0.05) is 7.05 Å². The number of aliphatic imine (C=N–C) groups is 1. The van der Waals surface area contributed by atoms with Crippen LogP contribution in [0.4, 0.5) is 0 Å². The molecule has 0 unspecified atom stereocenters. The Kier molecular flexibility index (Phi) is 5.23. The molecule has 1 amide bonds. The predicted octanol–water partition coefficient (Wildman–Crippen LogP) is 2.74. The van der Waals surface area contributed by atoms with Gasteiger partial charge < -0.3 is 5.32 Å². The van der Waals surface area contributed by atoms with Gasteiger partial charge in [-0.05, 0) is 12.8 Å². The molecule has 0 aromatic carbocycles. The predicted molar refractivity (Wildman–Crippen MR) is 78.2 cm³/mol. The van der Waals surface area contributed by atoms with Gasteiger partial charge in [-0.2, -0.15) is 0 Å². The highest BCUT2D eigenvalue weighted by Crippen LogP contribution is 2.27. The highest BCUT2D eigenvalue weighted by Gasteiger charge is 2.43. The summed E-state index contributed by atoms with van der Waals surface area (Å²) in [4.78, 5) is 16.4. The van der Waals surface area contributed by atoms with E-state index >= 15 is 0 Å². The molecule has 19 heavy (non-hydrogen) atoms. The second-order valence-corrected chi connectivity index (χ2v) is 5.92. The van der Waals surface area contributed by atoms with Crippen LogP contribution in [0.2, 0.25) is 0 Å². The Morgan fingerprint density at radius 1 is 0.895 bits per heavy atom. The monoisotopic (exact) mass is 265 g/mol. The van der Waals surface area contributed by atoms with Crippen LogP contribution in [0.25, 0.3) is 0 Å². The molecule has 2 rings (SSSR count). The van der Waals surface area contributed by atoms with Gasteiger partial charge in [-0.1, -0.05) is 57.8 Å². The average Bonchev–Trinajstić information content (AvgIpc) is 2.71. The fourth-order valence-electron chi connectivity index (χ4n) is 3.22. The third kappa shape index (κ3) is 3.71. The third-order valence-corrected chi connectivity index (χ3v) is 4.45. The summed E-state index contributed by atoms with van der Waals surface area (Å²) in [5.74, 6) is 0.780. The van der Waals surface area contributed by atoms with Crippen LogP contribution in [0.5, 0.6) is 0 Å². The van der Waals surface area contributed by atoms with Crippen molar-refractivity contribution in [1.82, 2.24) is 10.6 Å². The first-order valence-electron chi connectivity index (χ1n) is 7.83. The highest BCUT2D eigenvalue weighted by molar-refractivity contribution is 6.08. The Hall–Kier alpha value is -1.06. The van der Waals surface area contributed by atoms with Gasteiger partial charge in [0.1, 0.15) is 5.54 Å². The standard InChI is InChI=1S/C15H27N3O/c1-16-14-17-13(19)15(18-14)11-9-7-5-3-2-4-6-8-10-12-15/h2-12H2,1H3,(H2,16,17,18,19). The maximum atomic E-state index is 12.3. The van der Waals surface area contributed by atoms with E-state index in [1.165, 1.54) is 44.9 Å². The number of amides is 1. The van der Waals surface area contributed by atoms with E-state index in [-0.39, 0.29) is 11.4 Å². The van der Waals surface area contributed by atoms with Crippen molar-refractivity contribution in [1.29, 1.82) is 0 Å². The minimum Gasteiger partial charge on any atom is -0.342 e. The fraction of sp³-hybridized carbons (Fsp3) is 0.867. The van der Waals surface area contributed by atoms with Crippen LogP contribution in [0, 0.1) is 0 Å². The van der Waals surface area contributed by atoms with Crippen LogP contribution >= 0.6 is 0 Å². The number of hydrogen-bond acceptors (Lipinski definition) is 2. The van der Waals surface area contributed by atoms with Gasteiger partial charge in [-0.25, -0.2) is 0 Å². The summed E-state index contributed by atoms with van der Waals surface area (Å²) in [5.41, 5.74) is -0.381. The second-order valence-electron chi connectivity index (χ2n) is 5.92. The summed E-state index contributed by atoms with van der Waals surface area (Å²) in [5, 5.41) is 6.22. The number of nitrogens with zero attached hydrogens (tertiary/aromatic N) is 1. The Bertz CT molecular complexity index is 326. The minimum absolute atomic E-state index is 0.130. The minimum atomic E-state index is -0.381. The molecule has 1 spiro atoms. The molecular weight excluding hydrogens is 238 g/mol. The molecule has 0 aromatic rings. The molecule has 4 heteroatoms. The Labute approximate surface area is 116 Å². The van der Waals surface area contributed by atoms with Gasteiger partial charge in [0.25, 0.3) is 5.91 Å². The molecule has 4 nitrogen and oxygen atoms in total. The van der Waals surface area contributed by atoms with Crippen LogP contribution in [-0.2, 0) is 4.79 Å². The van der Waals surface area contributed by atoms with Crippen molar-refractivity contribution in [2.24, 2.45) is 4.99 Å². The van der Waals surface area contributed by atoms with Crippen LogP contribution in [0.1, 0.15) is 70.6 Å². The number of rotatable bonds is 0. The van der Waals surface area contributed by atoms with Crippen LogP contribution in [-0.4, -0.2) is 24.5 Å². The summed E-state index contributed by atoms with van der Waals surface area (Å²) in [7, 11) is 1.72. The molecule has 1 saturated heterocycles. The summed E-state index contributed by atoms with van der Waals surface area (Å²) >= 11 is 0. The lowest BCUT2D eigenvalue weighted by molar-refractivity contribution is -0.124. The van der Waals surface area contributed by atoms with E-state index in [0.29, 0.717) is 5.96 Å². The lowest BCUT2D eigenvalue weighted by atomic mass is 9.86. The Morgan fingerprint density at radius 2 is 1.37 bits per heavy atom. The average molecular weight is 265 g/mol. The topological polar surface area (TPSA) is 53.5 Å². The van der Waals surface area contributed by atoms with E-state index in [9.17, 15) is 4.79 Å². The van der Waals surface area contributed by atoms with Crippen molar-refractivity contribution < 1.29 is 4.79 Å². The largest absolute Gasteiger partial charge is 0.342 e. The maximum absolute atomic E-state index is 12.3. The van der Waals surface area contributed by atoms with E-state index < -0.39 is 0 Å². The van der Waals surface area contributed by atoms with E-state index in [1.54, 1.807) is 7.05 Å². The zero-order valence-electron chi connectivity index (χ0n) is 12.1. The number of hydrogen-bond donors (Lipinski definition) is 2. The SMILES string of the molecule is CN=C1NC(=O)C2(CCCCCCCCCCC2)N1. The van der Waals surface area contributed by atoms with Crippen LogP contribution in [0.15, 0.2) is 4.99 Å². The molecule has 1 saturated carbocycles. The van der Waals surface area contributed by atoms with E-state index in [1.807, 2.05) is 0 Å². The van der Waals surface area contributed by atoms with Gasteiger partial charge in [0.15, 0.2) is 5.96 Å². The zero-order valence-corrected chi connectivity index (χ0v) is 12.1. The molecule has 2 fully saturated rings. The molecule has 1 aliphatic carbocycles. The van der Waals surface area contributed by atoms with E-state index in [0.717, 1.165) is 25.7 Å². The number of carbonyl (C=O) groups excluding carboxylic acids is 1. The van der Waals surface area contributed by atoms with E-state index in [4.69, 9.17) is 0 Å². The van der Waals surface area contributed by atoms with Crippen molar-refractivity contribution in [3.63, 3.8) is 0 Å². The normalized spacial score (nSPS) is 27.4. The smallest absolute Gasteiger partial charge is 0.252 e. The zero-order chi connectivity index (χ0) is 13.6. The Morgan fingerprint density at radius 3 is 1.79 bits per heavy atom. The lowest BCUT2D eigenvalue weighted by Gasteiger charge is -2.27. The first-order chi connectivity index (χ1) is 9.27. The summed E-state index contributed by atoms with van der Waals surface area (Å²) in [6.07, 6.45) is 13.4. The highest BCUT2D eigenvalue weighted by atomic mass is 16.2. The molecule has 0 bridgehead atoms. The molecule has 1 aliphatic heterocycles. The van der Waals surface area contributed by atoms with Crippen molar-refractivity contribution in [2.75, 3.05) is 7.05 Å². The maximum Gasteiger partial charge on any atom is 0.252 e. The van der Waals surface area contributed by atoms with E-state index in [2.05, 4.69) is 15.6 Å². The van der Waals surface area contributed by atoms with Crippen molar-refractivity contribution in [3.8, 4) is 0 Å². The van der Waals surface area contributed by atoms with Gasteiger partial charge in [-0.15, -0.1) is 0 Å². The first kappa shape index (κ1) is 14.4. The molecule has 2 N–H and O–H groups in total. The molecule has 0 aromatic heterocycles. The molecule has 1 heterocycles. The molecule has 108 valence electrons. The Balaban J connectivity index is 2.00. The van der Waals surface area contributed by atoms with Gasteiger partial charge in [-0.3, -0.25) is 15.1 Å². The summed E-state index contributed by atoms with van der Waals surface area (Å²) in [6, 6.07) is 0. The number of carbonyl (C=O) groups is 1. The van der Waals surface area contributed by atoms with Gasteiger partial charge in [0.05, 0.1) is 0 Å². The third-order valence-electron chi connectivity index (χ3n) is 4.45. The second kappa shape index (κ2) is 6.92. The number of nitrogens with one attached hydrogen (secondary N) is 2. The van der Waals surface area contributed by atoms with Crippen molar-refractivity contribution in [2.45, 2.75) is 76.2 Å². The van der Waals surface area contributed by atoms with Gasteiger partial charge >= 0.3 is 0 Å². The first-order valence-corrected chi connectivity index (χ1v) is 7.83. The van der Waals surface area contributed by atoms with Gasteiger partial charge in [0.2, 0.25) is 0 Å². The fourth-order valence-corrected chi connectivity index (χ4v) is 3.22. The molecule has 2 aliphatic rings. The van der Waals surface area contributed by atoms with Crippen LogP contribution in [0.3, 0.4) is 0 Å². The lowest BCUT2D eigenvalue weighted by Crippen LogP contribution is -2.46. The molecular formula is C15H27N3O. The summed E-state index contributed by atoms with van der Waals surface area (Å²) in [6.45, 7) is 0. The number of guanidine groups is 1. The molecule has 0 atom stereocenters. The van der Waals surface area contributed by atoms with Crippen LogP contribution < -0.4 is 10.6 Å².